The minimum Gasteiger partial charge on any atom is -0.368 e. The average molecular weight is 341 g/mol. The standard InChI is InChI=1S/C17H17ClN6/c1-11(2)17-23-21-10-24(17)6-5-20-16-7-12(9-19)14-8-13(18)3-4-15(14)22-16/h3-4,7-8,10-11H,5-6H2,1-2H3,(H,20,22). The molecular formula is C17H17ClN6. The van der Waals surface area contributed by atoms with Gasteiger partial charge in [-0.1, -0.05) is 25.4 Å². The summed E-state index contributed by atoms with van der Waals surface area (Å²) < 4.78 is 2.02. The summed E-state index contributed by atoms with van der Waals surface area (Å²) in [6.45, 7) is 5.56. The van der Waals surface area contributed by atoms with Crippen molar-refractivity contribution in [3.8, 4) is 6.07 Å². The van der Waals surface area contributed by atoms with E-state index in [1.807, 2.05) is 10.6 Å². The molecule has 0 aliphatic heterocycles. The molecule has 0 spiro atoms. The normalized spacial score (nSPS) is 11.0. The lowest BCUT2D eigenvalue weighted by molar-refractivity contribution is 0.636. The van der Waals surface area contributed by atoms with E-state index in [4.69, 9.17) is 11.6 Å². The van der Waals surface area contributed by atoms with E-state index in [0.717, 1.165) is 23.3 Å². The van der Waals surface area contributed by atoms with Gasteiger partial charge in [-0.15, -0.1) is 10.2 Å². The van der Waals surface area contributed by atoms with E-state index in [-0.39, 0.29) is 0 Å². The highest BCUT2D eigenvalue weighted by atomic mass is 35.5. The fourth-order valence-electron chi connectivity index (χ4n) is 2.57. The van der Waals surface area contributed by atoms with Crippen LogP contribution in [-0.4, -0.2) is 26.3 Å². The van der Waals surface area contributed by atoms with E-state index in [9.17, 15) is 5.26 Å². The second-order valence-electron chi connectivity index (χ2n) is 5.79. The Morgan fingerprint density at radius 2 is 2.17 bits per heavy atom. The maximum atomic E-state index is 9.35. The summed E-state index contributed by atoms with van der Waals surface area (Å²) >= 11 is 6.00. The minimum absolute atomic E-state index is 0.321. The van der Waals surface area contributed by atoms with E-state index >= 15 is 0 Å². The van der Waals surface area contributed by atoms with E-state index in [1.165, 1.54) is 0 Å². The predicted molar refractivity (Wildman–Crippen MR) is 94.1 cm³/mol. The van der Waals surface area contributed by atoms with Gasteiger partial charge in [0.05, 0.1) is 17.1 Å². The van der Waals surface area contributed by atoms with Gasteiger partial charge in [0.25, 0.3) is 0 Å². The fraction of sp³-hybridized carbons (Fsp3) is 0.294. The molecule has 24 heavy (non-hydrogen) atoms. The first-order valence-electron chi connectivity index (χ1n) is 7.70. The number of halogens is 1. The molecule has 0 bridgehead atoms. The van der Waals surface area contributed by atoms with Crippen LogP contribution in [0.5, 0.6) is 0 Å². The molecule has 1 N–H and O–H groups in total. The molecule has 122 valence electrons. The topological polar surface area (TPSA) is 79.4 Å². The molecule has 0 radical (unpaired) electrons. The van der Waals surface area contributed by atoms with Gasteiger partial charge >= 0.3 is 0 Å². The Morgan fingerprint density at radius 1 is 1.33 bits per heavy atom. The number of nitrogens with zero attached hydrogens (tertiary/aromatic N) is 5. The Bertz CT molecular complexity index is 909. The predicted octanol–water partition coefficient (Wildman–Crippen LogP) is 3.59. The van der Waals surface area contributed by atoms with Crippen molar-refractivity contribution in [1.29, 1.82) is 5.26 Å². The summed E-state index contributed by atoms with van der Waals surface area (Å²) in [5, 5.41) is 22.1. The van der Waals surface area contributed by atoms with Crippen LogP contribution in [0.15, 0.2) is 30.6 Å². The molecule has 7 heteroatoms. The van der Waals surface area contributed by atoms with Gasteiger partial charge in [0.15, 0.2) is 0 Å². The van der Waals surface area contributed by atoms with Crippen LogP contribution in [0.4, 0.5) is 5.82 Å². The van der Waals surface area contributed by atoms with Gasteiger partial charge in [-0.3, -0.25) is 0 Å². The third-order valence-corrected chi connectivity index (χ3v) is 3.95. The molecule has 2 heterocycles. The first kappa shape index (κ1) is 16.2. The van der Waals surface area contributed by atoms with Gasteiger partial charge in [0, 0.05) is 29.4 Å². The van der Waals surface area contributed by atoms with Gasteiger partial charge in [0.2, 0.25) is 0 Å². The van der Waals surface area contributed by atoms with Crippen molar-refractivity contribution < 1.29 is 0 Å². The van der Waals surface area contributed by atoms with E-state index in [0.29, 0.717) is 28.9 Å². The van der Waals surface area contributed by atoms with Gasteiger partial charge in [0.1, 0.15) is 18.0 Å². The number of nitrogens with one attached hydrogen (secondary N) is 1. The lowest BCUT2D eigenvalue weighted by Crippen LogP contribution is -2.14. The van der Waals surface area contributed by atoms with Gasteiger partial charge in [-0.2, -0.15) is 5.26 Å². The average Bonchev–Trinajstić information content (AvgIpc) is 3.03. The lowest BCUT2D eigenvalue weighted by atomic mass is 10.1. The SMILES string of the molecule is CC(C)c1nncn1CCNc1cc(C#N)c2cc(Cl)ccc2n1. The quantitative estimate of drug-likeness (QED) is 0.767. The highest BCUT2D eigenvalue weighted by Gasteiger charge is 2.09. The maximum Gasteiger partial charge on any atom is 0.135 e. The number of hydrogen-bond donors (Lipinski definition) is 1. The van der Waals surface area contributed by atoms with Gasteiger partial charge < -0.3 is 9.88 Å². The molecular weight excluding hydrogens is 324 g/mol. The molecule has 3 rings (SSSR count). The Balaban J connectivity index is 1.77. The number of anilines is 1. The number of pyridine rings is 1. The molecule has 0 atom stereocenters. The summed E-state index contributed by atoms with van der Waals surface area (Å²) in [5.74, 6) is 1.94. The number of rotatable bonds is 5. The number of nitriles is 1. The van der Waals surface area contributed by atoms with Crippen LogP contribution in [0.2, 0.25) is 5.02 Å². The Morgan fingerprint density at radius 3 is 2.92 bits per heavy atom. The van der Waals surface area contributed by atoms with Crippen LogP contribution in [0, 0.1) is 11.3 Å². The van der Waals surface area contributed by atoms with Crippen molar-refractivity contribution in [3.05, 3.63) is 47.0 Å². The third-order valence-electron chi connectivity index (χ3n) is 3.71. The van der Waals surface area contributed by atoms with Crippen LogP contribution in [0.25, 0.3) is 10.9 Å². The molecule has 0 saturated carbocycles. The third kappa shape index (κ3) is 3.31. The summed E-state index contributed by atoms with van der Waals surface area (Å²) in [4.78, 5) is 4.54. The fourth-order valence-corrected chi connectivity index (χ4v) is 2.74. The molecule has 0 saturated heterocycles. The van der Waals surface area contributed by atoms with Crippen molar-refractivity contribution in [3.63, 3.8) is 0 Å². The molecule has 1 aromatic carbocycles. The maximum absolute atomic E-state index is 9.35. The van der Waals surface area contributed by atoms with E-state index in [1.54, 1.807) is 24.5 Å². The zero-order valence-electron chi connectivity index (χ0n) is 13.5. The molecule has 2 aromatic heterocycles. The largest absolute Gasteiger partial charge is 0.368 e. The molecule has 0 aliphatic rings. The highest BCUT2D eigenvalue weighted by molar-refractivity contribution is 6.31. The van der Waals surface area contributed by atoms with Crippen molar-refractivity contribution in [2.45, 2.75) is 26.3 Å². The van der Waals surface area contributed by atoms with Crippen molar-refractivity contribution in [2.75, 3.05) is 11.9 Å². The van der Waals surface area contributed by atoms with Crippen LogP contribution in [-0.2, 0) is 6.54 Å². The Kier molecular flexibility index (Phi) is 4.63. The molecule has 0 amide bonds. The minimum atomic E-state index is 0.321. The summed E-state index contributed by atoms with van der Waals surface area (Å²) in [6, 6.07) is 9.30. The zero-order valence-corrected chi connectivity index (χ0v) is 14.2. The monoisotopic (exact) mass is 340 g/mol. The second kappa shape index (κ2) is 6.85. The lowest BCUT2D eigenvalue weighted by Gasteiger charge is -2.11. The smallest absolute Gasteiger partial charge is 0.135 e. The summed E-state index contributed by atoms with van der Waals surface area (Å²) in [7, 11) is 0. The number of benzene rings is 1. The highest BCUT2D eigenvalue weighted by Crippen LogP contribution is 2.23. The summed E-state index contributed by atoms with van der Waals surface area (Å²) in [5.41, 5.74) is 1.30. The van der Waals surface area contributed by atoms with Crippen molar-refractivity contribution in [2.24, 2.45) is 0 Å². The van der Waals surface area contributed by atoms with Crippen LogP contribution in [0.3, 0.4) is 0 Å². The first-order valence-corrected chi connectivity index (χ1v) is 8.08. The molecule has 0 unspecified atom stereocenters. The van der Waals surface area contributed by atoms with E-state index in [2.05, 4.69) is 40.4 Å². The van der Waals surface area contributed by atoms with Gasteiger partial charge in [-0.25, -0.2) is 4.98 Å². The van der Waals surface area contributed by atoms with Crippen LogP contribution >= 0.6 is 11.6 Å². The zero-order chi connectivity index (χ0) is 17.1. The van der Waals surface area contributed by atoms with Crippen molar-refractivity contribution >= 4 is 28.3 Å². The van der Waals surface area contributed by atoms with E-state index < -0.39 is 0 Å². The van der Waals surface area contributed by atoms with Gasteiger partial charge in [-0.05, 0) is 24.3 Å². The molecule has 3 aromatic rings. The second-order valence-corrected chi connectivity index (χ2v) is 6.23. The molecule has 0 fully saturated rings. The number of hydrogen-bond acceptors (Lipinski definition) is 5. The Hall–Kier alpha value is -2.65. The van der Waals surface area contributed by atoms with Crippen molar-refractivity contribution in [1.82, 2.24) is 19.7 Å². The number of aromatic nitrogens is 4. The Labute approximate surface area is 145 Å². The van der Waals surface area contributed by atoms with Crippen LogP contribution < -0.4 is 5.32 Å². The first-order chi connectivity index (χ1) is 11.6. The van der Waals surface area contributed by atoms with Crippen LogP contribution in [0.1, 0.15) is 31.2 Å². The summed E-state index contributed by atoms with van der Waals surface area (Å²) in [6.07, 6.45) is 1.73. The molecule has 0 aliphatic carbocycles. The number of fused-ring (bicyclic) bond motifs is 1. The molecule has 6 nitrogen and oxygen atoms in total.